The summed E-state index contributed by atoms with van der Waals surface area (Å²) in [6, 6.07) is 9.78. The van der Waals surface area contributed by atoms with Gasteiger partial charge in [0, 0.05) is 13.1 Å². The molecule has 2 nitrogen and oxygen atoms in total. The van der Waals surface area contributed by atoms with Gasteiger partial charge in [0.25, 0.3) is 0 Å². The quantitative estimate of drug-likeness (QED) is 0.608. The first-order valence-electron chi connectivity index (χ1n) is 3.80. The number of benzene rings is 1. The number of aliphatic hydroxyl groups is 1. The summed E-state index contributed by atoms with van der Waals surface area (Å²) in [7, 11) is 0. The molecule has 1 aromatic carbocycles. The molecule has 1 heterocycles. The van der Waals surface area contributed by atoms with Gasteiger partial charge in [0.05, 0.1) is 0 Å². The normalized spacial score (nSPS) is 20.8. The summed E-state index contributed by atoms with van der Waals surface area (Å²) in [6.07, 6.45) is 0. The molecule has 0 aromatic heterocycles. The predicted octanol–water partition coefficient (Wildman–Crippen LogP) is 0.477. The standard InChI is InChI=1S/C9H11NO/c11-9(6-10-7-9)8-4-2-1-3-5-8/h1-5,10-11H,6-7H2. The Morgan fingerprint density at radius 2 is 1.82 bits per heavy atom. The third kappa shape index (κ3) is 1.04. The molecule has 0 saturated carbocycles. The van der Waals surface area contributed by atoms with Crippen LogP contribution in [0.3, 0.4) is 0 Å². The Morgan fingerprint density at radius 3 is 2.27 bits per heavy atom. The first-order chi connectivity index (χ1) is 5.31. The molecule has 1 aromatic rings. The monoisotopic (exact) mass is 149 g/mol. The van der Waals surface area contributed by atoms with Crippen molar-refractivity contribution < 1.29 is 5.11 Å². The summed E-state index contributed by atoms with van der Waals surface area (Å²) >= 11 is 0. The van der Waals surface area contributed by atoms with Crippen molar-refractivity contribution in [1.29, 1.82) is 0 Å². The maximum absolute atomic E-state index is 9.82. The van der Waals surface area contributed by atoms with Crippen LogP contribution >= 0.6 is 0 Å². The largest absolute Gasteiger partial charge is 0.382 e. The molecular formula is C9H11NO. The van der Waals surface area contributed by atoms with Crippen LogP contribution in [0.25, 0.3) is 0 Å². The smallest absolute Gasteiger partial charge is 0.114 e. The van der Waals surface area contributed by atoms with Crippen LogP contribution in [0.15, 0.2) is 30.3 Å². The molecule has 11 heavy (non-hydrogen) atoms. The highest BCUT2D eigenvalue weighted by molar-refractivity contribution is 5.25. The Kier molecular flexibility index (Phi) is 1.44. The zero-order valence-corrected chi connectivity index (χ0v) is 6.25. The van der Waals surface area contributed by atoms with Crippen LogP contribution in [-0.4, -0.2) is 18.2 Å². The molecule has 1 fully saturated rings. The summed E-state index contributed by atoms with van der Waals surface area (Å²) in [5.74, 6) is 0. The van der Waals surface area contributed by atoms with E-state index in [-0.39, 0.29) is 0 Å². The van der Waals surface area contributed by atoms with Gasteiger partial charge >= 0.3 is 0 Å². The van der Waals surface area contributed by atoms with Gasteiger partial charge in [-0.25, -0.2) is 0 Å². The molecule has 1 saturated heterocycles. The fourth-order valence-corrected chi connectivity index (χ4v) is 1.31. The predicted molar refractivity (Wildman–Crippen MR) is 43.2 cm³/mol. The van der Waals surface area contributed by atoms with Crippen LogP contribution in [0.4, 0.5) is 0 Å². The number of β-amino-alcohol motifs (C(OH)–C–C–N with tert-alkyl or cyclic N) is 1. The summed E-state index contributed by atoms with van der Waals surface area (Å²) in [4.78, 5) is 0. The van der Waals surface area contributed by atoms with Crippen molar-refractivity contribution in [3.63, 3.8) is 0 Å². The molecule has 2 rings (SSSR count). The fraction of sp³-hybridized carbons (Fsp3) is 0.333. The highest BCUT2D eigenvalue weighted by Gasteiger charge is 2.35. The van der Waals surface area contributed by atoms with Gasteiger partial charge in [-0.1, -0.05) is 30.3 Å². The third-order valence-electron chi connectivity index (χ3n) is 2.15. The second-order valence-corrected chi connectivity index (χ2v) is 3.00. The van der Waals surface area contributed by atoms with Crippen molar-refractivity contribution in [2.75, 3.05) is 13.1 Å². The Morgan fingerprint density at radius 1 is 1.18 bits per heavy atom. The average molecular weight is 149 g/mol. The highest BCUT2D eigenvalue weighted by atomic mass is 16.3. The summed E-state index contributed by atoms with van der Waals surface area (Å²) in [5.41, 5.74) is 0.417. The zero-order chi connectivity index (χ0) is 7.73. The molecule has 0 amide bonds. The van der Waals surface area contributed by atoms with E-state index in [9.17, 15) is 5.11 Å². The van der Waals surface area contributed by atoms with Crippen LogP contribution in [0.5, 0.6) is 0 Å². The van der Waals surface area contributed by atoms with Crippen LogP contribution in [0.1, 0.15) is 5.56 Å². The van der Waals surface area contributed by atoms with E-state index in [0.29, 0.717) is 13.1 Å². The lowest BCUT2D eigenvalue weighted by Gasteiger charge is -2.37. The van der Waals surface area contributed by atoms with Gasteiger partial charge in [-0.3, -0.25) is 0 Å². The van der Waals surface area contributed by atoms with Crippen molar-refractivity contribution in [3.8, 4) is 0 Å². The lowest BCUT2D eigenvalue weighted by Crippen LogP contribution is -2.56. The molecule has 0 unspecified atom stereocenters. The van der Waals surface area contributed by atoms with Gasteiger partial charge < -0.3 is 10.4 Å². The van der Waals surface area contributed by atoms with Gasteiger partial charge in [-0.15, -0.1) is 0 Å². The van der Waals surface area contributed by atoms with Gasteiger partial charge in [-0.2, -0.15) is 0 Å². The molecule has 0 radical (unpaired) electrons. The van der Waals surface area contributed by atoms with Gasteiger partial charge in [0.2, 0.25) is 0 Å². The van der Waals surface area contributed by atoms with Crippen molar-refractivity contribution in [2.45, 2.75) is 5.60 Å². The third-order valence-corrected chi connectivity index (χ3v) is 2.15. The first kappa shape index (κ1) is 6.83. The van der Waals surface area contributed by atoms with Gasteiger partial charge in [0.1, 0.15) is 5.60 Å². The molecule has 1 aliphatic rings. The van der Waals surface area contributed by atoms with E-state index in [0.717, 1.165) is 5.56 Å². The van der Waals surface area contributed by atoms with Crippen molar-refractivity contribution in [1.82, 2.24) is 5.32 Å². The van der Waals surface area contributed by atoms with E-state index in [4.69, 9.17) is 0 Å². The zero-order valence-electron chi connectivity index (χ0n) is 6.25. The minimum atomic E-state index is -0.596. The van der Waals surface area contributed by atoms with Crippen LogP contribution < -0.4 is 5.32 Å². The molecule has 58 valence electrons. The Bertz CT molecular complexity index is 241. The molecule has 0 aliphatic carbocycles. The number of hydrogen-bond donors (Lipinski definition) is 2. The van der Waals surface area contributed by atoms with E-state index in [2.05, 4.69) is 5.32 Å². The second kappa shape index (κ2) is 2.32. The van der Waals surface area contributed by atoms with E-state index < -0.39 is 5.60 Å². The number of nitrogens with one attached hydrogen (secondary N) is 1. The molecule has 0 atom stereocenters. The molecule has 1 aliphatic heterocycles. The maximum Gasteiger partial charge on any atom is 0.114 e. The minimum absolute atomic E-state index is 0.596. The molecule has 2 N–H and O–H groups in total. The summed E-state index contributed by atoms with van der Waals surface area (Å²) < 4.78 is 0. The Hall–Kier alpha value is -0.860. The molecule has 0 bridgehead atoms. The SMILES string of the molecule is OC1(c2ccccc2)CNC1. The summed E-state index contributed by atoms with van der Waals surface area (Å²) in [5, 5.41) is 12.9. The van der Waals surface area contributed by atoms with Crippen molar-refractivity contribution in [3.05, 3.63) is 35.9 Å². The summed E-state index contributed by atoms with van der Waals surface area (Å²) in [6.45, 7) is 1.36. The van der Waals surface area contributed by atoms with Gasteiger partial charge in [-0.05, 0) is 5.56 Å². The second-order valence-electron chi connectivity index (χ2n) is 3.00. The van der Waals surface area contributed by atoms with E-state index in [1.54, 1.807) is 0 Å². The lowest BCUT2D eigenvalue weighted by atomic mass is 9.88. The first-order valence-corrected chi connectivity index (χ1v) is 3.80. The minimum Gasteiger partial charge on any atom is -0.382 e. The molecule has 0 spiro atoms. The van der Waals surface area contributed by atoms with Crippen molar-refractivity contribution in [2.24, 2.45) is 0 Å². The topological polar surface area (TPSA) is 32.3 Å². The number of rotatable bonds is 1. The lowest BCUT2D eigenvalue weighted by molar-refractivity contribution is -0.0146. The van der Waals surface area contributed by atoms with E-state index in [1.807, 2.05) is 30.3 Å². The highest BCUT2D eigenvalue weighted by Crippen LogP contribution is 2.24. The fourth-order valence-electron chi connectivity index (χ4n) is 1.31. The van der Waals surface area contributed by atoms with E-state index >= 15 is 0 Å². The molecule has 2 heteroatoms. The van der Waals surface area contributed by atoms with Crippen LogP contribution in [0, 0.1) is 0 Å². The van der Waals surface area contributed by atoms with Crippen molar-refractivity contribution >= 4 is 0 Å². The van der Waals surface area contributed by atoms with Crippen LogP contribution in [0.2, 0.25) is 0 Å². The maximum atomic E-state index is 9.82. The van der Waals surface area contributed by atoms with Gasteiger partial charge in [0.15, 0.2) is 0 Å². The average Bonchev–Trinajstić information content (AvgIpc) is 2.02. The Labute approximate surface area is 65.9 Å². The van der Waals surface area contributed by atoms with Crippen LogP contribution in [-0.2, 0) is 5.60 Å². The molecular weight excluding hydrogens is 138 g/mol. The van der Waals surface area contributed by atoms with E-state index in [1.165, 1.54) is 0 Å². The number of hydrogen-bond acceptors (Lipinski definition) is 2. The Balaban J connectivity index is 2.29.